The predicted molar refractivity (Wildman–Crippen MR) is 97.1 cm³/mol. The van der Waals surface area contributed by atoms with Crippen LogP contribution in [0.5, 0.6) is 0 Å². The van der Waals surface area contributed by atoms with Crippen molar-refractivity contribution in [2.75, 3.05) is 19.3 Å². The summed E-state index contributed by atoms with van der Waals surface area (Å²) in [5.41, 5.74) is 2.01. The highest BCUT2D eigenvalue weighted by atomic mass is 32.2. The molecule has 1 aliphatic rings. The van der Waals surface area contributed by atoms with Crippen LogP contribution >= 0.6 is 0 Å². The minimum atomic E-state index is -3.25. The topological polar surface area (TPSA) is 71.4 Å². The van der Waals surface area contributed by atoms with E-state index in [2.05, 4.69) is 4.72 Å². The highest BCUT2D eigenvalue weighted by Gasteiger charge is 2.25. The molecule has 1 atom stereocenters. The van der Waals surface area contributed by atoms with Crippen LogP contribution in [-0.4, -0.2) is 49.2 Å². The standard InChI is InChI=1S/C18H23N3O3S/c1-25(23,24)19-16-5-4-12-21(14-16)18(22)13-15-6-8-17(9-7-15)20-10-2-3-11-20/h2-3,6-11,16,19H,4-5,12-14H2,1H3/t16-/m0/s1. The lowest BCUT2D eigenvalue weighted by Crippen LogP contribution is -2.49. The molecular formula is C18H23N3O3S. The summed E-state index contributed by atoms with van der Waals surface area (Å²) >= 11 is 0. The number of benzene rings is 1. The van der Waals surface area contributed by atoms with Crippen LogP contribution in [0.3, 0.4) is 0 Å². The second-order valence-electron chi connectivity index (χ2n) is 6.50. The molecule has 6 nitrogen and oxygen atoms in total. The SMILES string of the molecule is CS(=O)(=O)N[C@H]1CCCN(C(=O)Cc2ccc(-n3cccc3)cc2)C1. The normalized spacial score (nSPS) is 18.3. The Kier molecular flexibility index (Phi) is 5.24. The summed E-state index contributed by atoms with van der Waals surface area (Å²) in [5, 5.41) is 0. The third kappa shape index (κ3) is 4.93. The van der Waals surface area contributed by atoms with Crippen LogP contribution < -0.4 is 4.72 Å². The van der Waals surface area contributed by atoms with Gasteiger partial charge in [-0.2, -0.15) is 0 Å². The Bertz CT molecular complexity index is 814. The Morgan fingerprint density at radius 2 is 1.88 bits per heavy atom. The van der Waals surface area contributed by atoms with E-state index >= 15 is 0 Å². The molecule has 25 heavy (non-hydrogen) atoms. The van der Waals surface area contributed by atoms with Gasteiger partial charge in [-0.25, -0.2) is 13.1 Å². The number of amides is 1. The zero-order valence-corrected chi connectivity index (χ0v) is 15.1. The second-order valence-corrected chi connectivity index (χ2v) is 8.28. The first-order valence-corrected chi connectivity index (χ1v) is 10.3. The quantitative estimate of drug-likeness (QED) is 0.878. The molecule has 1 aromatic heterocycles. The smallest absolute Gasteiger partial charge is 0.227 e. The van der Waals surface area contributed by atoms with Crippen molar-refractivity contribution in [3.63, 3.8) is 0 Å². The molecule has 7 heteroatoms. The van der Waals surface area contributed by atoms with Crippen molar-refractivity contribution in [3.8, 4) is 5.69 Å². The molecule has 0 radical (unpaired) electrons. The van der Waals surface area contributed by atoms with E-state index in [1.165, 1.54) is 0 Å². The Hall–Kier alpha value is -2.12. The minimum absolute atomic E-state index is 0.0358. The number of carbonyl (C=O) groups excluding carboxylic acids is 1. The molecule has 2 heterocycles. The zero-order valence-electron chi connectivity index (χ0n) is 14.3. The van der Waals surface area contributed by atoms with Gasteiger partial charge in [0.05, 0.1) is 12.7 Å². The van der Waals surface area contributed by atoms with Crippen LogP contribution in [0.15, 0.2) is 48.8 Å². The number of hydrogen-bond acceptors (Lipinski definition) is 3. The lowest BCUT2D eigenvalue weighted by molar-refractivity contribution is -0.131. The number of hydrogen-bond donors (Lipinski definition) is 1. The van der Waals surface area contributed by atoms with Crippen LogP contribution in [0.1, 0.15) is 18.4 Å². The van der Waals surface area contributed by atoms with Gasteiger partial charge in [0, 0.05) is 37.2 Å². The average Bonchev–Trinajstić information content (AvgIpc) is 3.08. The van der Waals surface area contributed by atoms with Gasteiger partial charge < -0.3 is 9.47 Å². The molecule has 0 unspecified atom stereocenters. The number of rotatable bonds is 5. The van der Waals surface area contributed by atoms with E-state index in [1.807, 2.05) is 53.4 Å². The largest absolute Gasteiger partial charge is 0.341 e. The highest BCUT2D eigenvalue weighted by molar-refractivity contribution is 7.88. The zero-order chi connectivity index (χ0) is 17.9. The van der Waals surface area contributed by atoms with Gasteiger partial charge in [-0.05, 0) is 42.7 Å². The van der Waals surface area contributed by atoms with E-state index in [0.29, 0.717) is 19.5 Å². The van der Waals surface area contributed by atoms with Crippen LogP contribution in [0.4, 0.5) is 0 Å². The fourth-order valence-electron chi connectivity index (χ4n) is 3.18. The molecule has 0 spiro atoms. The molecule has 1 fully saturated rings. The number of nitrogens with zero attached hydrogens (tertiary/aromatic N) is 2. The van der Waals surface area contributed by atoms with Crippen molar-refractivity contribution < 1.29 is 13.2 Å². The molecular weight excluding hydrogens is 338 g/mol. The maximum Gasteiger partial charge on any atom is 0.227 e. The summed E-state index contributed by atoms with van der Waals surface area (Å²) in [6.45, 7) is 1.12. The Balaban J connectivity index is 1.60. The third-order valence-corrected chi connectivity index (χ3v) is 5.11. The molecule has 3 rings (SSSR count). The molecule has 1 saturated heterocycles. The maximum atomic E-state index is 12.5. The number of nitrogens with one attached hydrogen (secondary N) is 1. The molecule has 0 saturated carbocycles. The first-order valence-electron chi connectivity index (χ1n) is 8.38. The van der Waals surface area contributed by atoms with Gasteiger partial charge >= 0.3 is 0 Å². The first-order chi connectivity index (χ1) is 11.9. The van der Waals surface area contributed by atoms with Crippen molar-refractivity contribution >= 4 is 15.9 Å². The van der Waals surface area contributed by atoms with Crippen LogP contribution in [0.2, 0.25) is 0 Å². The predicted octanol–water partition coefficient (Wildman–Crippen LogP) is 1.56. The van der Waals surface area contributed by atoms with Gasteiger partial charge in [0.2, 0.25) is 15.9 Å². The lowest BCUT2D eigenvalue weighted by atomic mass is 10.0. The Labute approximate surface area is 148 Å². The molecule has 2 aromatic rings. The van der Waals surface area contributed by atoms with Crippen LogP contribution in [0.25, 0.3) is 5.69 Å². The molecule has 1 N–H and O–H groups in total. The van der Waals surface area contributed by atoms with Crippen LogP contribution in [0, 0.1) is 0 Å². The van der Waals surface area contributed by atoms with Crippen molar-refractivity contribution in [2.24, 2.45) is 0 Å². The maximum absolute atomic E-state index is 12.5. The monoisotopic (exact) mass is 361 g/mol. The van der Waals surface area contributed by atoms with Crippen molar-refractivity contribution in [2.45, 2.75) is 25.3 Å². The van der Waals surface area contributed by atoms with E-state index in [1.54, 1.807) is 4.90 Å². The van der Waals surface area contributed by atoms with E-state index in [9.17, 15) is 13.2 Å². The molecule has 0 bridgehead atoms. The summed E-state index contributed by atoms with van der Waals surface area (Å²) in [6.07, 6.45) is 7.01. The number of aromatic nitrogens is 1. The fraction of sp³-hybridized carbons (Fsp3) is 0.389. The van der Waals surface area contributed by atoms with Gasteiger partial charge in [0.1, 0.15) is 0 Å². The van der Waals surface area contributed by atoms with Crippen LogP contribution in [-0.2, 0) is 21.2 Å². The van der Waals surface area contributed by atoms with E-state index in [-0.39, 0.29) is 11.9 Å². The summed E-state index contributed by atoms with van der Waals surface area (Å²) in [6, 6.07) is 11.7. The van der Waals surface area contributed by atoms with Crippen molar-refractivity contribution in [3.05, 3.63) is 54.4 Å². The summed E-state index contributed by atoms with van der Waals surface area (Å²) in [5.74, 6) is 0.0358. The van der Waals surface area contributed by atoms with Gasteiger partial charge in [-0.3, -0.25) is 4.79 Å². The summed E-state index contributed by atoms with van der Waals surface area (Å²) in [7, 11) is -3.25. The Morgan fingerprint density at radius 1 is 1.20 bits per heavy atom. The van der Waals surface area contributed by atoms with Gasteiger partial charge in [-0.1, -0.05) is 12.1 Å². The number of sulfonamides is 1. The number of piperidine rings is 1. The highest BCUT2D eigenvalue weighted by Crippen LogP contribution is 2.15. The third-order valence-electron chi connectivity index (χ3n) is 4.35. The van der Waals surface area contributed by atoms with Crippen molar-refractivity contribution in [1.29, 1.82) is 0 Å². The number of likely N-dealkylation sites (tertiary alicyclic amines) is 1. The first kappa shape index (κ1) is 17.7. The number of carbonyl (C=O) groups is 1. The van der Waals surface area contributed by atoms with Gasteiger partial charge in [0.25, 0.3) is 0 Å². The van der Waals surface area contributed by atoms with E-state index in [4.69, 9.17) is 0 Å². The van der Waals surface area contributed by atoms with Gasteiger partial charge in [0.15, 0.2) is 0 Å². The molecule has 0 aliphatic carbocycles. The summed E-state index contributed by atoms with van der Waals surface area (Å²) < 4.78 is 27.4. The fourth-order valence-corrected chi connectivity index (χ4v) is 3.98. The summed E-state index contributed by atoms with van der Waals surface area (Å²) in [4.78, 5) is 14.3. The second kappa shape index (κ2) is 7.41. The average molecular weight is 361 g/mol. The minimum Gasteiger partial charge on any atom is -0.341 e. The van der Waals surface area contributed by atoms with Crippen molar-refractivity contribution in [1.82, 2.24) is 14.2 Å². The van der Waals surface area contributed by atoms with E-state index in [0.717, 1.165) is 30.3 Å². The van der Waals surface area contributed by atoms with E-state index < -0.39 is 10.0 Å². The molecule has 1 amide bonds. The Morgan fingerprint density at radius 3 is 2.52 bits per heavy atom. The lowest BCUT2D eigenvalue weighted by Gasteiger charge is -2.32. The molecule has 1 aliphatic heterocycles. The van der Waals surface area contributed by atoms with Gasteiger partial charge in [-0.15, -0.1) is 0 Å². The molecule has 1 aromatic carbocycles. The molecule has 134 valence electrons.